The van der Waals surface area contributed by atoms with Crippen molar-refractivity contribution in [2.75, 3.05) is 5.32 Å². The standard InChI is InChI=1S/C16H12ClF2N3O3S/c17-11-7-10(1-2-12(11)24-16(18)19)20-13(23)3-4-14-21-15(22-25-14)9-5-6-26-8-9/h1-2,5-8,16H,3-4H2,(H,20,23). The maximum atomic E-state index is 12.2. The van der Waals surface area contributed by atoms with E-state index in [4.69, 9.17) is 16.1 Å². The number of halogens is 3. The number of aromatic nitrogens is 2. The van der Waals surface area contributed by atoms with Crippen LogP contribution in [0.4, 0.5) is 14.5 Å². The van der Waals surface area contributed by atoms with Crippen LogP contribution in [0.15, 0.2) is 39.5 Å². The summed E-state index contributed by atoms with van der Waals surface area (Å²) in [7, 11) is 0. The van der Waals surface area contributed by atoms with E-state index in [9.17, 15) is 13.6 Å². The number of rotatable bonds is 7. The molecule has 26 heavy (non-hydrogen) atoms. The average molecular weight is 400 g/mol. The number of hydrogen-bond donors (Lipinski definition) is 1. The molecule has 0 spiro atoms. The van der Waals surface area contributed by atoms with Crippen LogP contribution in [0.1, 0.15) is 12.3 Å². The zero-order chi connectivity index (χ0) is 18.5. The van der Waals surface area contributed by atoms with Crippen LogP contribution in [0.5, 0.6) is 5.75 Å². The molecule has 0 bridgehead atoms. The largest absolute Gasteiger partial charge is 0.433 e. The molecule has 0 aliphatic heterocycles. The van der Waals surface area contributed by atoms with Crippen molar-refractivity contribution in [3.63, 3.8) is 0 Å². The van der Waals surface area contributed by atoms with Crippen molar-refractivity contribution in [1.29, 1.82) is 0 Å². The highest BCUT2D eigenvalue weighted by atomic mass is 35.5. The maximum absolute atomic E-state index is 12.2. The van der Waals surface area contributed by atoms with Gasteiger partial charge >= 0.3 is 6.61 Å². The molecule has 10 heteroatoms. The second-order valence-electron chi connectivity index (χ2n) is 5.10. The van der Waals surface area contributed by atoms with E-state index in [2.05, 4.69) is 20.2 Å². The molecule has 0 aliphatic carbocycles. The number of carbonyl (C=O) groups is 1. The fraction of sp³-hybridized carbons (Fsp3) is 0.188. The molecule has 3 aromatic rings. The Balaban J connectivity index is 1.53. The number of anilines is 1. The molecule has 0 fully saturated rings. The molecule has 136 valence electrons. The van der Waals surface area contributed by atoms with Gasteiger partial charge in [-0.15, -0.1) is 0 Å². The van der Waals surface area contributed by atoms with E-state index in [-0.39, 0.29) is 29.5 Å². The topological polar surface area (TPSA) is 77.2 Å². The molecule has 1 amide bonds. The monoisotopic (exact) mass is 399 g/mol. The van der Waals surface area contributed by atoms with Crippen LogP contribution in [-0.2, 0) is 11.2 Å². The number of amides is 1. The molecule has 0 radical (unpaired) electrons. The minimum atomic E-state index is -2.97. The van der Waals surface area contributed by atoms with Gasteiger partial charge in [-0.05, 0) is 29.6 Å². The van der Waals surface area contributed by atoms with E-state index >= 15 is 0 Å². The van der Waals surface area contributed by atoms with Crippen LogP contribution in [0.3, 0.4) is 0 Å². The van der Waals surface area contributed by atoms with Crippen molar-refractivity contribution in [2.24, 2.45) is 0 Å². The Kier molecular flexibility index (Phi) is 5.79. The Morgan fingerprint density at radius 3 is 2.92 bits per heavy atom. The maximum Gasteiger partial charge on any atom is 0.387 e. The van der Waals surface area contributed by atoms with Crippen LogP contribution in [0.25, 0.3) is 11.4 Å². The first-order valence-corrected chi connectivity index (χ1v) is 8.72. The molecule has 0 saturated heterocycles. The number of carbonyl (C=O) groups excluding carboxylic acids is 1. The lowest BCUT2D eigenvalue weighted by Crippen LogP contribution is -2.12. The Labute approximate surface area is 155 Å². The summed E-state index contributed by atoms with van der Waals surface area (Å²) in [6.07, 6.45) is 0.376. The third-order valence-corrected chi connectivity index (χ3v) is 4.22. The second kappa shape index (κ2) is 8.24. The molecule has 1 aromatic carbocycles. The fourth-order valence-corrected chi connectivity index (χ4v) is 2.94. The summed E-state index contributed by atoms with van der Waals surface area (Å²) >= 11 is 7.36. The van der Waals surface area contributed by atoms with Crippen molar-refractivity contribution in [3.8, 4) is 17.1 Å². The smallest absolute Gasteiger partial charge is 0.387 e. The van der Waals surface area contributed by atoms with Gasteiger partial charge in [0.05, 0.1) is 5.02 Å². The molecule has 6 nitrogen and oxygen atoms in total. The number of nitrogens with zero attached hydrogens (tertiary/aromatic N) is 2. The third kappa shape index (κ3) is 4.77. The second-order valence-corrected chi connectivity index (χ2v) is 6.28. The minimum absolute atomic E-state index is 0.0274. The fourth-order valence-electron chi connectivity index (χ4n) is 2.08. The molecule has 3 rings (SSSR count). The summed E-state index contributed by atoms with van der Waals surface area (Å²) in [4.78, 5) is 16.2. The van der Waals surface area contributed by atoms with Gasteiger partial charge in [-0.2, -0.15) is 25.1 Å². The molecular formula is C16H12ClF2N3O3S. The Bertz CT molecular complexity index is 887. The van der Waals surface area contributed by atoms with Gasteiger partial charge < -0.3 is 14.6 Å². The first-order valence-electron chi connectivity index (χ1n) is 7.40. The van der Waals surface area contributed by atoms with Gasteiger partial charge in [0, 0.05) is 29.5 Å². The number of aryl methyl sites for hydroxylation is 1. The van der Waals surface area contributed by atoms with Crippen molar-refractivity contribution < 1.29 is 22.8 Å². The zero-order valence-electron chi connectivity index (χ0n) is 13.1. The quantitative estimate of drug-likeness (QED) is 0.627. The van der Waals surface area contributed by atoms with Crippen molar-refractivity contribution in [3.05, 3.63) is 45.9 Å². The van der Waals surface area contributed by atoms with E-state index in [1.807, 2.05) is 16.8 Å². The highest BCUT2D eigenvalue weighted by molar-refractivity contribution is 7.08. The van der Waals surface area contributed by atoms with Crippen LogP contribution >= 0.6 is 22.9 Å². The molecule has 0 saturated carbocycles. The molecule has 2 heterocycles. The molecule has 2 aromatic heterocycles. The normalized spacial score (nSPS) is 10.9. The summed E-state index contributed by atoms with van der Waals surface area (Å²) in [6.45, 7) is -2.97. The van der Waals surface area contributed by atoms with Gasteiger partial charge in [-0.25, -0.2) is 0 Å². The first-order chi connectivity index (χ1) is 12.5. The average Bonchev–Trinajstić information content (AvgIpc) is 3.26. The van der Waals surface area contributed by atoms with Crippen LogP contribution in [0.2, 0.25) is 5.02 Å². The first kappa shape index (κ1) is 18.3. The summed E-state index contributed by atoms with van der Waals surface area (Å²) < 4.78 is 33.7. The van der Waals surface area contributed by atoms with Crippen molar-refractivity contribution in [1.82, 2.24) is 10.1 Å². The predicted molar refractivity (Wildman–Crippen MR) is 92.6 cm³/mol. The van der Waals surface area contributed by atoms with Gasteiger partial charge in [0.1, 0.15) is 5.75 Å². The van der Waals surface area contributed by atoms with E-state index in [1.54, 1.807) is 0 Å². The Hall–Kier alpha value is -2.52. The number of alkyl halides is 2. The number of thiophene rings is 1. The van der Waals surface area contributed by atoms with Gasteiger partial charge in [-0.1, -0.05) is 16.8 Å². The van der Waals surface area contributed by atoms with Gasteiger partial charge in [0.25, 0.3) is 0 Å². The Morgan fingerprint density at radius 1 is 1.38 bits per heavy atom. The van der Waals surface area contributed by atoms with E-state index < -0.39 is 6.61 Å². The molecule has 1 N–H and O–H groups in total. The molecular weight excluding hydrogens is 388 g/mol. The SMILES string of the molecule is O=C(CCc1nc(-c2ccsc2)no1)Nc1ccc(OC(F)F)c(Cl)c1. The van der Waals surface area contributed by atoms with Crippen LogP contribution < -0.4 is 10.1 Å². The van der Waals surface area contributed by atoms with Crippen molar-refractivity contribution in [2.45, 2.75) is 19.5 Å². The third-order valence-electron chi connectivity index (χ3n) is 3.25. The summed E-state index contributed by atoms with van der Waals surface area (Å²) in [5.74, 6) is 0.355. The zero-order valence-corrected chi connectivity index (χ0v) is 14.7. The van der Waals surface area contributed by atoms with E-state index in [0.29, 0.717) is 17.4 Å². The van der Waals surface area contributed by atoms with Gasteiger partial charge in [0.15, 0.2) is 0 Å². The van der Waals surface area contributed by atoms with E-state index in [0.717, 1.165) is 5.56 Å². The lowest BCUT2D eigenvalue weighted by atomic mass is 10.2. The number of benzene rings is 1. The number of ether oxygens (including phenoxy) is 1. The molecule has 0 aliphatic rings. The molecule has 0 unspecified atom stereocenters. The van der Waals surface area contributed by atoms with Crippen LogP contribution in [0, 0.1) is 0 Å². The number of hydrogen-bond acceptors (Lipinski definition) is 6. The summed E-state index contributed by atoms with van der Waals surface area (Å²) in [5.41, 5.74) is 1.22. The van der Waals surface area contributed by atoms with Gasteiger partial charge in [-0.3, -0.25) is 4.79 Å². The lowest BCUT2D eigenvalue weighted by molar-refractivity contribution is -0.116. The molecule has 0 atom stereocenters. The number of nitrogens with one attached hydrogen (secondary N) is 1. The summed E-state index contributed by atoms with van der Waals surface area (Å²) in [6, 6.07) is 5.88. The lowest BCUT2D eigenvalue weighted by Gasteiger charge is -2.09. The van der Waals surface area contributed by atoms with Gasteiger partial charge in [0.2, 0.25) is 17.6 Å². The summed E-state index contributed by atoms with van der Waals surface area (Å²) in [5, 5.41) is 10.2. The van der Waals surface area contributed by atoms with E-state index in [1.165, 1.54) is 29.5 Å². The minimum Gasteiger partial charge on any atom is -0.433 e. The van der Waals surface area contributed by atoms with Crippen LogP contribution in [-0.4, -0.2) is 22.7 Å². The highest BCUT2D eigenvalue weighted by Crippen LogP contribution is 2.29. The Morgan fingerprint density at radius 2 is 2.23 bits per heavy atom. The van der Waals surface area contributed by atoms with Crippen molar-refractivity contribution >= 4 is 34.5 Å². The highest BCUT2D eigenvalue weighted by Gasteiger charge is 2.13. The predicted octanol–water partition coefficient (Wildman–Crippen LogP) is 4.62.